The van der Waals surface area contributed by atoms with E-state index in [2.05, 4.69) is 38.2 Å². The van der Waals surface area contributed by atoms with Crippen LogP contribution in [0, 0.1) is 5.41 Å². The molecule has 0 aliphatic carbocycles. The van der Waals surface area contributed by atoms with Crippen LogP contribution in [0.5, 0.6) is 11.5 Å². The van der Waals surface area contributed by atoms with Gasteiger partial charge in [-0.3, -0.25) is 0 Å². The summed E-state index contributed by atoms with van der Waals surface area (Å²) < 4.78 is 11.6. The first-order chi connectivity index (χ1) is 10.4. The molecule has 0 spiro atoms. The molecule has 124 valence electrons. The van der Waals surface area contributed by atoms with E-state index in [-0.39, 0.29) is 18.1 Å². The number of benzene rings is 1. The average Bonchev–Trinajstić information content (AvgIpc) is 2.78. The maximum atomic E-state index is 9.10. The van der Waals surface area contributed by atoms with Crippen molar-refractivity contribution in [3.63, 3.8) is 0 Å². The number of aliphatic hydroxyl groups is 1. The highest BCUT2D eigenvalue weighted by Gasteiger charge is 2.22. The SMILES string of the molecule is CCOc1cc2c(cc1CNCC(C)(C)CCO)OC(C)C2. The zero-order valence-corrected chi connectivity index (χ0v) is 14.2. The van der Waals surface area contributed by atoms with E-state index in [1.54, 1.807) is 0 Å². The van der Waals surface area contributed by atoms with Crippen LogP contribution in [0.15, 0.2) is 12.1 Å². The first kappa shape index (κ1) is 17.1. The highest BCUT2D eigenvalue weighted by molar-refractivity contribution is 5.48. The van der Waals surface area contributed by atoms with E-state index in [1.165, 1.54) is 5.56 Å². The average molecular weight is 307 g/mol. The van der Waals surface area contributed by atoms with Crippen LogP contribution in [-0.4, -0.2) is 31.0 Å². The Kier molecular flexibility index (Phi) is 5.70. The predicted octanol–water partition coefficient (Wildman–Crippen LogP) is 2.91. The van der Waals surface area contributed by atoms with Gasteiger partial charge in [0.2, 0.25) is 0 Å². The maximum Gasteiger partial charge on any atom is 0.124 e. The normalized spacial score (nSPS) is 17.2. The van der Waals surface area contributed by atoms with Crippen LogP contribution < -0.4 is 14.8 Å². The summed E-state index contributed by atoms with van der Waals surface area (Å²) in [7, 11) is 0. The van der Waals surface area contributed by atoms with Gasteiger partial charge in [-0.15, -0.1) is 0 Å². The summed E-state index contributed by atoms with van der Waals surface area (Å²) >= 11 is 0. The Hall–Kier alpha value is -1.26. The fraction of sp³-hybridized carbons (Fsp3) is 0.667. The van der Waals surface area contributed by atoms with E-state index in [0.717, 1.165) is 43.0 Å². The van der Waals surface area contributed by atoms with Crippen molar-refractivity contribution in [3.05, 3.63) is 23.3 Å². The lowest BCUT2D eigenvalue weighted by Gasteiger charge is -2.24. The van der Waals surface area contributed by atoms with Gasteiger partial charge in [0.25, 0.3) is 0 Å². The summed E-state index contributed by atoms with van der Waals surface area (Å²) in [5.41, 5.74) is 2.46. The van der Waals surface area contributed by atoms with E-state index < -0.39 is 0 Å². The van der Waals surface area contributed by atoms with Crippen LogP contribution >= 0.6 is 0 Å². The van der Waals surface area contributed by atoms with E-state index >= 15 is 0 Å². The van der Waals surface area contributed by atoms with Crippen LogP contribution in [0.3, 0.4) is 0 Å². The third kappa shape index (κ3) is 4.37. The molecule has 1 unspecified atom stereocenters. The number of hydrogen-bond acceptors (Lipinski definition) is 4. The lowest BCUT2D eigenvalue weighted by Crippen LogP contribution is -2.30. The molecule has 0 bridgehead atoms. The Morgan fingerprint density at radius 3 is 2.86 bits per heavy atom. The van der Waals surface area contributed by atoms with Crippen molar-refractivity contribution < 1.29 is 14.6 Å². The second kappa shape index (κ2) is 7.34. The standard InChI is InChI=1S/C18H29NO3/c1-5-21-16-9-14-8-13(2)22-17(14)10-15(16)11-19-12-18(3,4)6-7-20/h9-10,13,19-20H,5-8,11-12H2,1-4H3. The lowest BCUT2D eigenvalue weighted by atomic mass is 9.89. The van der Waals surface area contributed by atoms with Crippen molar-refractivity contribution in [2.45, 2.75) is 53.2 Å². The van der Waals surface area contributed by atoms with E-state index in [4.69, 9.17) is 14.6 Å². The van der Waals surface area contributed by atoms with Crippen molar-refractivity contribution >= 4 is 0 Å². The summed E-state index contributed by atoms with van der Waals surface area (Å²) in [6, 6.07) is 4.23. The Morgan fingerprint density at radius 1 is 1.41 bits per heavy atom. The van der Waals surface area contributed by atoms with Gasteiger partial charge < -0.3 is 19.9 Å². The topological polar surface area (TPSA) is 50.7 Å². The Balaban J connectivity index is 2.05. The minimum absolute atomic E-state index is 0.0856. The molecule has 1 aliphatic heterocycles. The van der Waals surface area contributed by atoms with E-state index in [9.17, 15) is 0 Å². The number of aliphatic hydroxyl groups excluding tert-OH is 1. The molecule has 2 rings (SSSR count). The molecule has 0 amide bonds. The Morgan fingerprint density at radius 2 is 2.18 bits per heavy atom. The van der Waals surface area contributed by atoms with Gasteiger partial charge in [-0.2, -0.15) is 0 Å². The zero-order valence-electron chi connectivity index (χ0n) is 14.2. The highest BCUT2D eigenvalue weighted by Crippen LogP contribution is 2.35. The summed E-state index contributed by atoms with van der Waals surface area (Å²) in [4.78, 5) is 0. The third-order valence-corrected chi connectivity index (χ3v) is 4.09. The molecule has 0 fully saturated rings. The summed E-state index contributed by atoms with van der Waals surface area (Å²) in [6.45, 7) is 10.9. The van der Waals surface area contributed by atoms with Gasteiger partial charge in [0.05, 0.1) is 6.61 Å². The Labute approximate surface area is 133 Å². The van der Waals surface area contributed by atoms with Crippen LogP contribution in [-0.2, 0) is 13.0 Å². The van der Waals surface area contributed by atoms with Gasteiger partial charge in [0, 0.05) is 37.2 Å². The molecule has 22 heavy (non-hydrogen) atoms. The number of hydrogen-bond donors (Lipinski definition) is 2. The highest BCUT2D eigenvalue weighted by atomic mass is 16.5. The zero-order chi connectivity index (χ0) is 16.2. The molecule has 1 aromatic carbocycles. The van der Waals surface area contributed by atoms with E-state index in [1.807, 2.05) is 6.92 Å². The van der Waals surface area contributed by atoms with Crippen molar-refractivity contribution in [2.75, 3.05) is 19.8 Å². The van der Waals surface area contributed by atoms with Gasteiger partial charge in [0.15, 0.2) is 0 Å². The summed E-state index contributed by atoms with van der Waals surface area (Å²) in [6.07, 6.45) is 1.99. The maximum absolute atomic E-state index is 9.10. The largest absolute Gasteiger partial charge is 0.494 e. The van der Waals surface area contributed by atoms with Crippen LogP contribution in [0.2, 0.25) is 0 Å². The fourth-order valence-electron chi connectivity index (χ4n) is 2.84. The van der Waals surface area contributed by atoms with Crippen molar-refractivity contribution in [1.29, 1.82) is 0 Å². The lowest BCUT2D eigenvalue weighted by molar-refractivity contribution is 0.206. The Bertz CT molecular complexity index is 499. The van der Waals surface area contributed by atoms with Gasteiger partial charge in [-0.1, -0.05) is 13.8 Å². The molecule has 4 heteroatoms. The molecule has 2 N–H and O–H groups in total. The van der Waals surface area contributed by atoms with Crippen LogP contribution in [0.1, 0.15) is 45.2 Å². The number of fused-ring (bicyclic) bond motifs is 1. The molecule has 1 aliphatic rings. The summed E-state index contributed by atoms with van der Waals surface area (Å²) in [5.74, 6) is 1.94. The number of nitrogens with one attached hydrogen (secondary N) is 1. The second-order valence-electron chi connectivity index (χ2n) is 6.87. The third-order valence-electron chi connectivity index (χ3n) is 4.09. The molecule has 1 aromatic rings. The second-order valence-corrected chi connectivity index (χ2v) is 6.87. The fourth-order valence-corrected chi connectivity index (χ4v) is 2.84. The van der Waals surface area contributed by atoms with Gasteiger partial charge >= 0.3 is 0 Å². The molecule has 1 heterocycles. The van der Waals surface area contributed by atoms with Gasteiger partial charge in [-0.25, -0.2) is 0 Å². The van der Waals surface area contributed by atoms with Crippen LogP contribution in [0.4, 0.5) is 0 Å². The van der Waals surface area contributed by atoms with Crippen molar-refractivity contribution in [2.24, 2.45) is 5.41 Å². The number of ether oxygens (including phenoxy) is 2. The molecular weight excluding hydrogens is 278 g/mol. The monoisotopic (exact) mass is 307 g/mol. The number of rotatable bonds is 8. The molecule has 0 aromatic heterocycles. The van der Waals surface area contributed by atoms with E-state index in [0.29, 0.717) is 6.61 Å². The predicted molar refractivity (Wildman–Crippen MR) is 88.6 cm³/mol. The smallest absolute Gasteiger partial charge is 0.124 e. The molecule has 1 atom stereocenters. The molecular formula is C18H29NO3. The molecule has 4 nitrogen and oxygen atoms in total. The minimum atomic E-state index is 0.0856. The molecule has 0 saturated carbocycles. The minimum Gasteiger partial charge on any atom is -0.494 e. The van der Waals surface area contributed by atoms with Crippen molar-refractivity contribution in [1.82, 2.24) is 5.32 Å². The van der Waals surface area contributed by atoms with Gasteiger partial charge in [0.1, 0.15) is 17.6 Å². The van der Waals surface area contributed by atoms with Gasteiger partial charge in [-0.05, 0) is 37.8 Å². The first-order valence-corrected chi connectivity index (χ1v) is 8.22. The molecule has 0 radical (unpaired) electrons. The summed E-state index contributed by atoms with van der Waals surface area (Å²) in [5, 5.41) is 12.6. The quantitative estimate of drug-likeness (QED) is 0.775. The first-order valence-electron chi connectivity index (χ1n) is 8.22. The molecule has 0 saturated heterocycles. The van der Waals surface area contributed by atoms with Crippen molar-refractivity contribution in [3.8, 4) is 11.5 Å². The van der Waals surface area contributed by atoms with Crippen LogP contribution in [0.25, 0.3) is 0 Å².